The van der Waals surface area contributed by atoms with E-state index in [1.54, 1.807) is 0 Å². The standard InChI is InChI=1S/C22H29N3O2/c1-21(2)12-22(3,4)19(26)18-17(21)15-10-13(7-8-16(15)25-18)20(27)24-14-6-5-9-23-11-14/h7-8,10,14,23,25H,5-6,9,11-12H2,1-4H3,(H,24,27)/t14-/m0/s1. The number of aromatic nitrogens is 1. The van der Waals surface area contributed by atoms with Gasteiger partial charge in [0.15, 0.2) is 5.78 Å². The molecule has 1 amide bonds. The molecule has 1 aromatic heterocycles. The van der Waals surface area contributed by atoms with Crippen molar-refractivity contribution >= 4 is 22.6 Å². The largest absolute Gasteiger partial charge is 0.352 e. The van der Waals surface area contributed by atoms with Crippen molar-refractivity contribution in [3.05, 3.63) is 35.0 Å². The molecule has 2 heterocycles. The second kappa shape index (κ2) is 6.20. The van der Waals surface area contributed by atoms with Gasteiger partial charge in [-0.25, -0.2) is 0 Å². The van der Waals surface area contributed by atoms with E-state index in [0.717, 1.165) is 48.8 Å². The smallest absolute Gasteiger partial charge is 0.251 e. The zero-order valence-electron chi connectivity index (χ0n) is 16.7. The molecule has 5 heteroatoms. The molecule has 1 fully saturated rings. The van der Waals surface area contributed by atoms with Crippen molar-refractivity contribution in [2.45, 2.75) is 58.4 Å². The molecular weight excluding hydrogens is 338 g/mol. The fraction of sp³-hybridized carbons (Fsp3) is 0.545. The van der Waals surface area contributed by atoms with Crippen LogP contribution in [-0.4, -0.2) is 35.8 Å². The number of fused-ring (bicyclic) bond motifs is 3. The van der Waals surface area contributed by atoms with Crippen molar-refractivity contribution in [1.29, 1.82) is 0 Å². The van der Waals surface area contributed by atoms with Gasteiger partial charge < -0.3 is 15.6 Å². The summed E-state index contributed by atoms with van der Waals surface area (Å²) in [6.45, 7) is 10.3. The highest BCUT2D eigenvalue weighted by Crippen LogP contribution is 2.48. The summed E-state index contributed by atoms with van der Waals surface area (Å²) in [6.07, 6.45) is 2.89. The Morgan fingerprint density at radius 3 is 2.67 bits per heavy atom. The van der Waals surface area contributed by atoms with E-state index in [2.05, 4.69) is 29.5 Å². The van der Waals surface area contributed by atoms with Crippen molar-refractivity contribution in [1.82, 2.24) is 15.6 Å². The molecule has 0 radical (unpaired) electrons. The number of amides is 1. The Balaban J connectivity index is 1.73. The third kappa shape index (κ3) is 3.08. The number of ketones is 1. The number of hydrogen-bond acceptors (Lipinski definition) is 3. The normalized spacial score (nSPS) is 23.9. The maximum absolute atomic E-state index is 13.0. The first kappa shape index (κ1) is 18.2. The van der Waals surface area contributed by atoms with Gasteiger partial charge in [-0.15, -0.1) is 0 Å². The average Bonchev–Trinajstić information content (AvgIpc) is 2.99. The highest BCUT2D eigenvalue weighted by molar-refractivity contribution is 6.08. The molecule has 1 atom stereocenters. The van der Waals surface area contributed by atoms with E-state index >= 15 is 0 Å². The lowest BCUT2D eigenvalue weighted by Gasteiger charge is -2.39. The second-order valence-corrected chi connectivity index (χ2v) is 9.43. The summed E-state index contributed by atoms with van der Waals surface area (Å²) in [5.74, 6) is 0.119. The van der Waals surface area contributed by atoms with Crippen LogP contribution in [0.1, 0.15) is 73.4 Å². The minimum Gasteiger partial charge on any atom is -0.352 e. The Hall–Kier alpha value is -2.14. The van der Waals surface area contributed by atoms with Gasteiger partial charge in [0, 0.05) is 34.5 Å². The number of nitrogens with one attached hydrogen (secondary N) is 3. The zero-order chi connectivity index (χ0) is 19.4. The fourth-order valence-corrected chi connectivity index (χ4v) is 5.06. The van der Waals surface area contributed by atoms with Crippen LogP contribution in [0.5, 0.6) is 0 Å². The summed E-state index contributed by atoms with van der Waals surface area (Å²) in [5.41, 5.74) is 2.83. The van der Waals surface area contributed by atoms with Crippen LogP contribution < -0.4 is 10.6 Å². The van der Waals surface area contributed by atoms with Crippen LogP contribution in [0.15, 0.2) is 18.2 Å². The molecule has 2 aromatic rings. The predicted molar refractivity (Wildman–Crippen MR) is 107 cm³/mol. The summed E-state index contributed by atoms with van der Waals surface area (Å²) in [7, 11) is 0. The molecule has 1 saturated heterocycles. The van der Waals surface area contributed by atoms with Crippen molar-refractivity contribution < 1.29 is 9.59 Å². The van der Waals surface area contributed by atoms with Crippen molar-refractivity contribution in [2.24, 2.45) is 5.41 Å². The number of Topliss-reactive ketones (excluding diaryl/α,β-unsaturated/α-hetero) is 1. The van der Waals surface area contributed by atoms with Crippen LogP contribution in [-0.2, 0) is 5.41 Å². The van der Waals surface area contributed by atoms with Gasteiger partial charge in [-0.1, -0.05) is 27.7 Å². The lowest BCUT2D eigenvalue weighted by Crippen LogP contribution is -2.45. The summed E-state index contributed by atoms with van der Waals surface area (Å²) in [6, 6.07) is 5.90. The van der Waals surface area contributed by atoms with E-state index in [1.807, 2.05) is 32.0 Å². The first-order chi connectivity index (χ1) is 12.7. The molecule has 4 rings (SSSR count). The molecule has 27 heavy (non-hydrogen) atoms. The maximum Gasteiger partial charge on any atom is 0.251 e. The molecular formula is C22H29N3O2. The number of aromatic amines is 1. The number of carbonyl (C=O) groups is 2. The average molecular weight is 367 g/mol. The SMILES string of the molecule is CC1(C)CC(C)(C)c2c([nH]c3ccc(C(=O)N[C@H]4CCCNC4)cc23)C1=O. The minimum absolute atomic E-state index is 0.0409. The Morgan fingerprint density at radius 2 is 1.96 bits per heavy atom. The predicted octanol–water partition coefficient (Wildman–Crippen LogP) is 3.54. The third-order valence-electron chi connectivity index (χ3n) is 6.10. The van der Waals surface area contributed by atoms with Gasteiger partial charge in [0.05, 0.1) is 5.69 Å². The Labute approximate surface area is 160 Å². The molecule has 2 aliphatic rings. The van der Waals surface area contributed by atoms with Gasteiger partial charge in [-0.3, -0.25) is 9.59 Å². The van der Waals surface area contributed by atoms with E-state index in [-0.39, 0.29) is 28.6 Å². The molecule has 0 unspecified atom stereocenters. The van der Waals surface area contributed by atoms with Crippen molar-refractivity contribution in [3.8, 4) is 0 Å². The summed E-state index contributed by atoms with van der Waals surface area (Å²) in [5, 5.41) is 7.45. The van der Waals surface area contributed by atoms with Crippen LogP contribution in [0.2, 0.25) is 0 Å². The molecule has 1 aromatic carbocycles. The highest BCUT2D eigenvalue weighted by Gasteiger charge is 2.45. The lowest BCUT2D eigenvalue weighted by molar-refractivity contribution is 0.0759. The molecule has 3 N–H and O–H groups in total. The van der Waals surface area contributed by atoms with Gasteiger partial charge in [0.2, 0.25) is 0 Å². The van der Waals surface area contributed by atoms with Crippen LogP contribution in [0.25, 0.3) is 10.9 Å². The number of hydrogen-bond donors (Lipinski definition) is 3. The first-order valence-corrected chi connectivity index (χ1v) is 9.92. The number of benzene rings is 1. The van der Waals surface area contributed by atoms with Gasteiger partial charge in [-0.05, 0) is 55.0 Å². The van der Waals surface area contributed by atoms with Crippen LogP contribution in [0.4, 0.5) is 0 Å². The second-order valence-electron chi connectivity index (χ2n) is 9.43. The lowest BCUT2D eigenvalue weighted by atomic mass is 9.63. The van der Waals surface area contributed by atoms with E-state index in [4.69, 9.17) is 0 Å². The van der Waals surface area contributed by atoms with E-state index in [1.165, 1.54) is 0 Å². The Kier molecular flexibility index (Phi) is 4.18. The van der Waals surface area contributed by atoms with E-state index in [9.17, 15) is 9.59 Å². The molecule has 5 nitrogen and oxygen atoms in total. The van der Waals surface area contributed by atoms with Crippen LogP contribution in [0, 0.1) is 5.41 Å². The molecule has 0 bridgehead atoms. The molecule has 1 aliphatic heterocycles. The number of H-pyrrole nitrogens is 1. The van der Waals surface area contributed by atoms with Gasteiger partial charge >= 0.3 is 0 Å². The molecule has 0 saturated carbocycles. The molecule has 144 valence electrons. The van der Waals surface area contributed by atoms with Crippen molar-refractivity contribution in [2.75, 3.05) is 13.1 Å². The summed E-state index contributed by atoms with van der Waals surface area (Å²) < 4.78 is 0. The molecule has 1 aliphatic carbocycles. The van der Waals surface area contributed by atoms with Crippen molar-refractivity contribution in [3.63, 3.8) is 0 Å². The third-order valence-corrected chi connectivity index (χ3v) is 6.10. The number of rotatable bonds is 2. The monoisotopic (exact) mass is 367 g/mol. The minimum atomic E-state index is -0.383. The van der Waals surface area contributed by atoms with Crippen LogP contribution in [0.3, 0.4) is 0 Å². The number of piperidine rings is 1. The van der Waals surface area contributed by atoms with Gasteiger partial charge in [0.25, 0.3) is 5.91 Å². The zero-order valence-corrected chi connectivity index (χ0v) is 16.7. The van der Waals surface area contributed by atoms with Gasteiger partial charge in [0.1, 0.15) is 0 Å². The number of carbonyl (C=O) groups excluding carboxylic acids is 2. The Morgan fingerprint density at radius 1 is 1.19 bits per heavy atom. The summed E-state index contributed by atoms with van der Waals surface area (Å²) in [4.78, 5) is 29.1. The van der Waals surface area contributed by atoms with Crippen LogP contribution >= 0.6 is 0 Å². The maximum atomic E-state index is 13.0. The molecule has 0 spiro atoms. The summed E-state index contributed by atoms with van der Waals surface area (Å²) >= 11 is 0. The van der Waals surface area contributed by atoms with Gasteiger partial charge in [-0.2, -0.15) is 0 Å². The van der Waals surface area contributed by atoms with E-state index < -0.39 is 0 Å². The topological polar surface area (TPSA) is 74.0 Å². The fourth-order valence-electron chi connectivity index (χ4n) is 5.06. The van der Waals surface area contributed by atoms with E-state index in [0.29, 0.717) is 11.3 Å². The first-order valence-electron chi connectivity index (χ1n) is 9.92. The quantitative estimate of drug-likeness (QED) is 0.760. The highest BCUT2D eigenvalue weighted by atomic mass is 16.1. The Bertz CT molecular complexity index is 917.